The number of rotatable bonds is 8. The summed E-state index contributed by atoms with van der Waals surface area (Å²) in [6.07, 6.45) is 2.43. The monoisotopic (exact) mass is 602 g/mol. The van der Waals surface area contributed by atoms with E-state index in [2.05, 4.69) is 30.3 Å². The minimum atomic E-state index is -2.89. The molecule has 0 saturated carbocycles. The summed E-state index contributed by atoms with van der Waals surface area (Å²) >= 11 is 0. The molecule has 0 aliphatic carbocycles. The molecule has 2 aromatic carbocycles. The van der Waals surface area contributed by atoms with Crippen LogP contribution in [0.2, 0.25) is 0 Å². The maximum absolute atomic E-state index is 13.5. The van der Waals surface area contributed by atoms with Gasteiger partial charge in [-0.25, -0.2) is 4.98 Å². The summed E-state index contributed by atoms with van der Waals surface area (Å²) in [5.74, 6) is 1.02. The Morgan fingerprint density at radius 3 is 2.61 bits per heavy atom. The Kier molecular flexibility index (Phi) is 7.66. The maximum atomic E-state index is 13.5. The molecule has 5 aromatic rings. The Balaban J connectivity index is 1.05. The van der Waals surface area contributed by atoms with Gasteiger partial charge in [0.2, 0.25) is 5.89 Å². The quantitative estimate of drug-likeness (QED) is 0.258. The summed E-state index contributed by atoms with van der Waals surface area (Å²) in [4.78, 5) is 26.5. The number of carbonyl (C=O) groups excluding carboxylic acids is 1. The molecule has 3 aromatic heterocycles. The van der Waals surface area contributed by atoms with Gasteiger partial charge in [-0.1, -0.05) is 35.1 Å². The lowest BCUT2D eigenvalue weighted by molar-refractivity contribution is 0.0385. The Labute approximate surface area is 250 Å². The number of tetrazole rings is 1. The highest BCUT2D eigenvalue weighted by Gasteiger charge is 2.32. The fourth-order valence-electron chi connectivity index (χ4n) is 5.52. The van der Waals surface area contributed by atoms with Crippen LogP contribution in [0.1, 0.15) is 40.9 Å². The van der Waals surface area contributed by atoms with Crippen molar-refractivity contribution in [2.24, 2.45) is 0 Å². The predicted octanol–water partition coefficient (Wildman–Crippen LogP) is 3.99. The molecular weight excluding hydrogens is 574 g/mol. The molecule has 0 bridgehead atoms. The number of oxazole rings is 1. The first-order valence-corrected chi connectivity index (χ1v) is 14.3. The van der Waals surface area contributed by atoms with E-state index in [1.807, 2.05) is 48.5 Å². The number of aromatic nitrogens is 6. The Morgan fingerprint density at radius 2 is 1.86 bits per heavy atom. The standard InChI is InChI=1S/C30H28F2N8O4/c31-30(32)40-36-27(35-37-40)26(19-4-2-1-3-5-19)38-11-13-39(14-12-38)29(41)24-16-20(8-10-33-24)28-34-23-17-21(6-7-25(23)44-28)43-22-9-15-42-18-22/h1-8,10,16-17,22,26,30H,9,11-15,18H2/t22-,26?/m1/s1. The predicted molar refractivity (Wildman–Crippen MR) is 152 cm³/mol. The molecule has 12 nitrogen and oxygen atoms in total. The van der Waals surface area contributed by atoms with E-state index in [1.54, 1.807) is 23.2 Å². The van der Waals surface area contributed by atoms with Gasteiger partial charge in [0.1, 0.15) is 23.1 Å². The SMILES string of the molecule is O=C(c1cc(-c2nc3cc(O[C@@H]4CCOC4)ccc3o2)ccn1)N1CCN(C(c2ccccc2)c2nnn(C(F)F)n2)CC1. The fraction of sp³-hybridized carbons (Fsp3) is 0.333. The van der Waals surface area contributed by atoms with Crippen molar-refractivity contribution in [3.8, 4) is 17.2 Å². The van der Waals surface area contributed by atoms with E-state index in [4.69, 9.17) is 13.9 Å². The third kappa shape index (κ3) is 5.73. The number of hydrogen-bond donors (Lipinski definition) is 0. The van der Waals surface area contributed by atoms with Crippen molar-refractivity contribution in [1.82, 2.24) is 40.0 Å². The van der Waals surface area contributed by atoms with Crippen LogP contribution >= 0.6 is 0 Å². The first-order valence-electron chi connectivity index (χ1n) is 14.3. The largest absolute Gasteiger partial charge is 0.488 e. The van der Waals surface area contributed by atoms with Crippen molar-refractivity contribution in [2.45, 2.75) is 25.1 Å². The number of piperazine rings is 1. The average Bonchev–Trinajstić information content (AvgIpc) is 3.84. The van der Waals surface area contributed by atoms with Crippen LogP contribution in [0.3, 0.4) is 0 Å². The Bertz CT molecular complexity index is 1750. The van der Waals surface area contributed by atoms with Gasteiger partial charge >= 0.3 is 6.55 Å². The highest BCUT2D eigenvalue weighted by Crippen LogP contribution is 2.30. The summed E-state index contributed by atoms with van der Waals surface area (Å²) in [5.41, 5.74) is 2.99. The molecule has 226 valence electrons. The summed E-state index contributed by atoms with van der Waals surface area (Å²) in [6.45, 7) is 0.111. The number of pyridine rings is 1. The first kappa shape index (κ1) is 28.0. The average molecular weight is 603 g/mol. The molecule has 0 spiro atoms. The number of alkyl halides is 2. The van der Waals surface area contributed by atoms with Crippen molar-refractivity contribution in [2.75, 3.05) is 39.4 Å². The topological polar surface area (TPSA) is 125 Å². The molecule has 0 N–H and O–H groups in total. The van der Waals surface area contributed by atoms with Crippen molar-refractivity contribution in [1.29, 1.82) is 0 Å². The third-order valence-electron chi connectivity index (χ3n) is 7.72. The first-order chi connectivity index (χ1) is 21.5. The van der Waals surface area contributed by atoms with Crippen LogP contribution in [0.15, 0.2) is 71.3 Å². The van der Waals surface area contributed by atoms with Crippen LogP contribution in [0.25, 0.3) is 22.6 Å². The van der Waals surface area contributed by atoms with Crippen LogP contribution in [0.5, 0.6) is 5.75 Å². The van der Waals surface area contributed by atoms with Crippen molar-refractivity contribution >= 4 is 17.0 Å². The number of amides is 1. The molecule has 2 aliphatic heterocycles. The van der Waals surface area contributed by atoms with Crippen molar-refractivity contribution in [3.05, 3.63) is 83.9 Å². The molecule has 44 heavy (non-hydrogen) atoms. The second kappa shape index (κ2) is 12.1. The van der Waals surface area contributed by atoms with Gasteiger partial charge in [0, 0.05) is 50.4 Å². The molecule has 14 heteroatoms. The van der Waals surface area contributed by atoms with E-state index in [0.717, 1.165) is 12.0 Å². The summed E-state index contributed by atoms with van der Waals surface area (Å²) in [5, 5.41) is 11.4. The van der Waals surface area contributed by atoms with E-state index in [-0.39, 0.29) is 23.5 Å². The highest BCUT2D eigenvalue weighted by atomic mass is 19.3. The normalized spacial score (nSPS) is 18.2. The molecule has 7 rings (SSSR count). The van der Waals surface area contributed by atoms with Crippen LogP contribution in [-0.4, -0.2) is 91.4 Å². The van der Waals surface area contributed by atoms with E-state index >= 15 is 0 Å². The van der Waals surface area contributed by atoms with E-state index < -0.39 is 12.6 Å². The fourth-order valence-corrected chi connectivity index (χ4v) is 5.52. The van der Waals surface area contributed by atoms with Gasteiger partial charge in [-0.2, -0.15) is 8.78 Å². The smallest absolute Gasteiger partial charge is 0.350 e. The van der Waals surface area contributed by atoms with Crippen molar-refractivity contribution < 1.29 is 27.5 Å². The lowest BCUT2D eigenvalue weighted by Crippen LogP contribution is -2.50. The molecule has 2 atom stereocenters. The number of fused-ring (bicyclic) bond motifs is 1. The zero-order chi connectivity index (χ0) is 30.0. The molecular formula is C30H28F2N8O4. The van der Waals surface area contributed by atoms with Gasteiger partial charge in [0.05, 0.1) is 19.3 Å². The zero-order valence-corrected chi connectivity index (χ0v) is 23.5. The maximum Gasteiger partial charge on any atom is 0.350 e. The van der Waals surface area contributed by atoms with E-state index in [9.17, 15) is 13.6 Å². The summed E-state index contributed by atoms with van der Waals surface area (Å²) < 4.78 is 43.7. The minimum Gasteiger partial charge on any atom is -0.488 e. The van der Waals surface area contributed by atoms with Gasteiger partial charge in [-0.05, 0) is 35.0 Å². The van der Waals surface area contributed by atoms with E-state index in [1.165, 1.54) is 0 Å². The third-order valence-corrected chi connectivity index (χ3v) is 7.72. The lowest BCUT2D eigenvalue weighted by Gasteiger charge is -2.38. The number of nitrogens with zero attached hydrogens (tertiary/aromatic N) is 8. The van der Waals surface area contributed by atoms with Gasteiger partial charge < -0.3 is 18.8 Å². The molecule has 0 radical (unpaired) electrons. The number of ether oxygens (including phenoxy) is 2. The van der Waals surface area contributed by atoms with Crippen LogP contribution in [0.4, 0.5) is 8.78 Å². The Hall–Kier alpha value is -4.82. The second-order valence-electron chi connectivity index (χ2n) is 10.6. The number of benzene rings is 2. The zero-order valence-electron chi connectivity index (χ0n) is 23.5. The summed E-state index contributed by atoms with van der Waals surface area (Å²) in [7, 11) is 0. The molecule has 2 aliphatic rings. The summed E-state index contributed by atoms with van der Waals surface area (Å²) in [6, 6.07) is 17.8. The number of carbonyl (C=O) groups is 1. The van der Waals surface area contributed by atoms with E-state index in [0.29, 0.717) is 72.5 Å². The van der Waals surface area contributed by atoms with Gasteiger partial charge in [0.25, 0.3) is 5.91 Å². The highest BCUT2D eigenvalue weighted by molar-refractivity contribution is 5.93. The molecule has 1 unspecified atom stereocenters. The van der Waals surface area contributed by atoms with Gasteiger partial charge in [-0.3, -0.25) is 14.7 Å². The molecule has 5 heterocycles. The van der Waals surface area contributed by atoms with Crippen LogP contribution in [-0.2, 0) is 4.74 Å². The molecule has 1 amide bonds. The van der Waals surface area contributed by atoms with Crippen LogP contribution < -0.4 is 4.74 Å². The second-order valence-corrected chi connectivity index (χ2v) is 10.6. The molecule has 2 fully saturated rings. The van der Waals surface area contributed by atoms with Crippen molar-refractivity contribution in [3.63, 3.8) is 0 Å². The lowest BCUT2D eigenvalue weighted by atomic mass is 10.0. The minimum absolute atomic E-state index is 0.0245. The Morgan fingerprint density at radius 1 is 1.02 bits per heavy atom. The van der Waals surface area contributed by atoms with Gasteiger partial charge in [0.15, 0.2) is 11.4 Å². The van der Waals surface area contributed by atoms with Crippen LogP contribution in [0, 0.1) is 0 Å². The van der Waals surface area contributed by atoms with Gasteiger partial charge in [-0.15, -0.1) is 10.2 Å². The number of halogens is 2. The number of hydrogen-bond acceptors (Lipinski definition) is 10. The molecule has 2 saturated heterocycles.